The monoisotopic (exact) mass is 291 g/mol. The molecule has 0 amide bonds. The zero-order valence-corrected chi connectivity index (χ0v) is 12.8. The van der Waals surface area contributed by atoms with Crippen LogP contribution in [0, 0.1) is 0 Å². The lowest BCUT2D eigenvalue weighted by molar-refractivity contribution is 0.0437. The molecule has 1 fully saturated rings. The smallest absolute Gasteiger partial charge is 0.231 e. The summed E-state index contributed by atoms with van der Waals surface area (Å²) in [5.41, 5.74) is 1.23. The van der Waals surface area contributed by atoms with Crippen LogP contribution in [0.25, 0.3) is 0 Å². The van der Waals surface area contributed by atoms with Crippen molar-refractivity contribution in [1.29, 1.82) is 0 Å². The number of fused-ring (bicyclic) bond motifs is 1. The van der Waals surface area contributed by atoms with Gasteiger partial charge in [-0.15, -0.1) is 0 Å². The number of para-hydroxylation sites is 1. The molecule has 1 saturated heterocycles. The van der Waals surface area contributed by atoms with Gasteiger partial charge in [-0.1, -0.05) is 19.1 Å². The summed E-state index contributed by atoms with van der Waals surface area (Å²) in [5.74, 6) is 1.81. The van der Waals surface area contributed by atoms with Crippen LogP contribution in [0.15, 0.2) is 18.2 Å². The van der Waals surface area contributed by atoms with Gasteiger partial charge < -0.3 is 14.2 Å². The first-order valence-corrected chi connectivity index (χ1v) is 8.08. The Labute approximate surface area is 127 Å². The maximum Gasteiger partial charge on any atom is 0.231 e. The van der Waals surface area contributed by atoms with Crippen LogP contribution in [0.2, 0.25) is 0 Å². The summed E-state index contributed by atoms with van der Waals surface area (Å²) in [6.07, 6.45) is 5.07. The number of benzene rings is 1. The van der Waals surface area contributed by atoms with E-state index in [1.54, 1.807) is 0 Å². The largest absolute Gasteiger partial charge is 0.454 e. The normalized spacial score (nSPS) is 22.2. The maximum atomic E-state index is 5.91. The highest BCUT2D eigenvalue weighted by atomic mass is 16.7. The Balaban J connectivity index is 1.57. The van der Waals surface area contributed by atoms with Crippen molar-refractivity contribution >= 4 is 0 Å². The Morgan fingerprint density at radius 1 is 1.24 bits per heavy atom. The summed E-state index contributed by atoms with van der Waals surface area (Å²) in [7, 11) is 0. The van der Waals surface area contributed by atoms with Crippen LogP contribution in [0.4, 0.5) is 0 Å². The van der Waals surface area contributed by atoms with Crippen LogP contribution in [0.1, 0.15) is 38.2 Å². The molecule has 2 aliphatic rings. The van der Waals surface area contributed by atoms with Crippen molar-refractivity contribution in [3.63, 3.8) is 0 Å². The van der Waals surface area contributed by atoms with Crippen LogP contribution in [0.5, 0.6) is 11.5 Å². The molecule has 0 N–H and O–H groups in total. The van der Waals surface area contributed by atoms with Crippen LogP contribution < -0.4 is 9.47 Å². The fourth-order valence-corrected chi connectivity index (χ4v) is 3.09. The molecule has 4 nitrogen and oxygen atoms in total. The molecule has 1 atom stereocenters. The zero-order valence-electron chi connectivity index (χ0n) is 12.8. The summed E-state index contributed by atoms with van der Waals surface area (Å²) >= 11 is 0. The summed E-state index contributed by atoms with van der Waals surface area (Å²) < 4.78 is 17.0. The molecular formula is C17H25NO3. The van der Waals surface area contributed by atoms with Crippen LogP contribution in [0.3, 0.4) is 0 Å². The molecule has 2 aliphatic heterocycles. The fourth-order valence-electron chi connectivity index (χ4n) is 3.09. The quantitative estimate of drug-likeness (QED) is 0.833. The standard InChI is InChI=1S/C17H25NO3/c1-2-11-19-15-6-4-9-18(10-8-15)12-14-5-3-7-16-17(14)21-13-20-16/h3,5,7,15H,2,4,6,8-13H2,1H3. The van der Waals surface area contributed by atoms with Gasteiger partial charge in [-0.25, -0.2) is 0 Å². The first-order chi connectivity index (χ1) is 10.4. The molecule has 1 aromatic carbocycles. The second-order valence-corrected chi connectivity index (χ2v) is 5.85. The molecule has 0 saturated carbocycles. The van der Waals surface area contributed by atoms with E-state index in [1.165, 1.54) is 18.4 Å². The minimum Gasteiger partial charge on any atom is -0.454 e. The topological polar surface area (TPSA) is 30.9 Å². The van der Waals surface area contributed by atoms with E-state index >= 15 is 0 Å². The van der Waals surface area contributed by atoms with E-state index in [2.05, 4.69) is 17.9 Å². The van der Waals surface area contributed by atoms with E-state index in [9.17, 15) is 0 Å². The Hall–Kier alpha value is -1.26. The molecule has 4 heteroatoms. The van der Waals surface area contributed by atoms with Gasteiger partial charge in [0.15, 0.2) is 11.5 Å². The number of hydrogen-bond acceptors (Lipinski definition) is 4. The van der Waals surface area contributed by atoms with E-state index in [0.29, 0.717) is 12.9 Å². The molecule has 1 unspecified atom stereocenters. The fraction of sp³-hybridized carbons (Fsp3) is 0.647. The second-order valence-electron chi connectivity index (χ2n) is 5.85. The number of hydrogen-bond donors (Lipinski definition) is 0. The summed E-state index contributed by atoms with van der Waals surface area (Å²) in [5, 5.41) is 0. The predicted molar refractivity (Wildman–Crippen MR) is 81.7 cm³/mol. The highest BCUT2D eigenvalue weighted by Crippen LogP contribution is 2.36. The van der Waals surface area contributed by atoms with Crippen LogP contribution in [-0.4, -0.2) is 37.5 Å². The van der Waals surface area contributed by atoms with E-state index in [0.717, 1.165) is 50.6 Å². The van der Waals surface area contributed by atoms with Crippen LogP contribution in [-0.2, 0) is 11.3 Å². The van der Waals surface area contributed by atoms with Gasteiger partial charge >= 0.3 is 0 Å². The Bertz CT molecular complexity index is 463. The van der Waals surface area contributed by atoms with Gasteiger partial charge in [0.25, 0.3) is 0 Å². The van der Waals surface area contributed by atoms with E-state index in [-0.39, 0.29) is 0 Å². The lowest BCUT2D eigenvalue weighted by Gasteiger charge is -2.21. The molecule has 1 aromatic rings. The van der Waals surface area contributed by atoms with E-state index in [4.69, 9.17) is 14.2 Å². The van der Waals surface area contributed by atoms with Crippen molar-refractivity contribution in [1.82, 2.24) is 4.90 Å². The number of nitrogens with zero attached hydrogens (tertiary/aromatic N) is 1. The average Bonchev–Trinajstić information content (AvgIpc) is 2.88. The lowest BCUT2D eigenvalue weighted by atomic mass is 10.1. The van der Waals surface area contributed by atoms with Gasteiger partial charge in [0.05, 0.1) is 6.10 Å². The SMILES string of the molecule is CCCOC1CCCN(Cc2cccc3c2OCO3)CC1. The Morgan fingerprint density at radius 2 is 2.19 bits per heavy atom. The van der Waals surface area contributed by atoms with Gasteiger partial charge in [-0.3, -0.25) is 4.90 Å². The van der Waals surface area contributed by atoms with Gasteiger partial charge in [-0.05, 0) is 38.3 Å². The predicted octanol–water partition coefficient (Wildman–Crippen LogP) is 3.20. The molecule has 0 aromatic heterocycles. The first kappa shape index (κ1) is 14.7. The van der Waals surface area contributed by atoms with Gasteiger partial charge in [0.2, 0.25) is 6.79 Å². The molecular weight excluding hydrogens is 266 g/mol. The molecule has 116 valence electrons. The third-order valence-electron chi connectivity index (χ3n) is 4.20. The molecule has 3 rings (SSSR count). The minimum absolute atomic E-state index is 0.347. The van der Waals surface area contributed by atoms with Crippen molar-refractivity contribution in [3.8, 4) is 11.5 Å². The van der Waals surface area contributed by atoms with Crippen molar-refractivity contribution in [3.05, 3.63) is 23.8 Å². The first-order valence-electron chi connectivity index (χ1n) is 8.08. The highest BCUT2D eigenvalue weighted by molar-refractivity contribution is 5.48. The van der Waals surface area contributed by atoms with Gasteiger partial charge in [0, 0.05) is 25.3 Å². The second kappa shape index (κ2) is 7.14. The van der Waals surface area contributed by atoms with E-state index in [1.807, 2.05) is 12.1 Å². The van der Waals surface area contributed by atoms with Gasteiger partial charge in [-0.2, -0.15) is 0 Å². The molecule has 0 aliphatic carbocycles. The summed E-state index contributed by atoms with van der Waals surface area (Å²) in [4.78, 5) is 2.51. The van der Waals surface area contributed by atoms with E-state index < -0.39 is 0 Å². The Morgan fingerprint density at radius 3 is 3.10 bits per heavy atom. The van der Waals surface area contributed by atoms with Crippen LogP contribution >= 0.6 is 0 Å². The number of likely N-dealkylation sites (tertiary alicyclic amines) is 1. The summed E-state index contributed by atoms with van der Waals surface area (Å²) in [6, 6.07) is 6.17. The molecule has 0 bridgehead atoms. The number of rotatable bonds is 5. The number of ether oxygens (including phenoxy) is 3. The average molecular weight is 291 g/mol. The zero-order chi connectivity index (χ0) is 14.5. The Kier molecular flexibility index (Phi) is 4.99. The molecule has 2 heterocycles. The lowest BCUT2D eigenvalue weighted by Crippen LogP contribution is -2.25. The molecule has 0 spiro atoms. The molecule has 21 heavy (non-hydrogen) atoms. The van der Waals surface area contributed by atoms with Crippen molar-refractivity contribution in [2.75, 3.05) is 26.5 Å². The highest BCUT2D eigenvalue weighted by Gasteiger charge is 2.21. The molecule has 0 radical (unpaired) electrons. The van der Waals surface area contributed by atoms with Crippen molar-refractivity contribution in [2.45, 2.75) is 45.3 Å². The minimum atomic E-state index is 0.347. The van der Waals surface area contributed by atoms with Crippen molar-refractivity contribution in [2.24, 2.45) is 0 Å². The third-order valence-corrected chi connectivity index (χ3v) is 4.20. The third kappa shape index (κ3) is 3.69. The van der Waals surface area contributed by atoms with Gasteiger partial charge in [0.1, 0.15) is 0 Å². The maximum absolute atomic E-state index is 5.91. The van der Waals surface area contributed by atoms with Crippen molar-refractivity contribution < 1.29 is 14.2 Å². The summed E-state index contributed by atoms with van der Waals surface area (Å²) in [6.45, 7) is 6.57.